The third-order valence-electron chi connectivity index (χ3n) is 5.64. The quantitative estimate of drug-likeness (QED) is 0.723. The van der Waals surface area contributed by atoms with Crippen molar-refractivity contribution in [3.63, 3.8) is 0 Å². The highest BCUT2D eigenvalue weighted by Crippen LogP contribution is 2.27. The van der Waals surface area contributed by atoms with E-state index in [2.05, 4.69) is 49.4 Å². The number of fused-ring (bicyclic) bond motifs is 1. The first-order valence-corrected chi connectivity index (χ1v) is 10.2. The Labute approximate surface area is 164 Å². The van der Waals surface area contributed by atoms with Crippen molar-refractivity contribution in [2.24, 2.45) is 0 Å². The van der Waals surface area contributed by atoms with Crippen LogP contribution in [0.1, 0.15) is 26.2 Å². The Morgan fingerprint density at radius 1 is 1.00 bits per heavy atom. The maximum atomic E-state index is 4.83. The molecule has 3 aromatic rings. The van der Waals surface area contributed by atoms with E-state index in [4.69, 9.17) is 9.97 Å². The number of hydrogen-bond donors (Lipinski definition) is 2. The predicted molar refractivity (Wildman–Crippen MR) is 111 cm³/mol. The highest BCUT2D eigenvalue weighted by atomic mass is 15.3. The van der Waals surface area contributed by atoms with E-state index in [1.54, 1.807) is 0 Å². The molecule has 2 aliphatic heterocycles. The number of rotatable bonds is 3. The molecule has 2 saturated heterocycles. The Kier molecular flexibility index (Phi) is 4.56. The molecule has 28 heavy (non-hydrogen) atoms. The molecule has 2 aliphatic rings. The summed E-state index contributed by atoms with van der Waals surface area (Å²) in [5.74, 6) is 1.81. The maximum Gasteiger partial charge on any atom is 0.226 e. The van der Waals surface area contributed by atoms with Gasteiger partial charge in [0, 0.05) is 50.5 Å². The van der Waals surface area contributed by atoms with Crippen molar-refractivity contribution < 1.29 is 0 Å². The SMILES string of the molecule is C[C@@H]1CN(c2ccc(-c3n[nH]c4cnc(N5CCCCC5)nc34)cn2)CCN1. The molecule has 1 atom stereocenters. The van der Waals surface area contributed by atoms with Crippen LogP contribution < -0.4 is 15.1 Å². The van der Waals surface area contributed by atoms with Gasteiger partial charge in [-0.25, -0.2) is 15.0 Å². The summed E-state index contributed by atoms with van der Waals surface area (Å²) in [5.41, 5.74) is 3.53. The van der Waals surface area contributed by atoms with E-state index in [1.807, 2.05) is 12.4 Å². The normalized spacial score (nSPS) is 20.7. The van der Waals surface area contributed by atoms with E-state index < -0.39 is 0 Å². The van der Waals surface area contributed by atoms with Gasteiger partial charge in [-0.3, -0.25) is 5.10 Å². The maximum absolute atomic E-state index is 4.83. The van der Waals surface area contributed by atoms with Gasteiger partial charge in [0.1, 0.15) is 22.5 Å². The van der Waals surface area contributed by atoms with Crippen LogP contribution in [0, 0.1) is 0 Å². The summed E-state index contributed by atoms with van der Waals surface area (Å²) in [4.78, 5) is 18.7. The summed E-state index contributed by atoms with van der Waals surface area (Å²) < 4.78 is 0. The second-order valence-electron chi connectivity index (χ2n) is 7.76. The summed E-state index contributed by atoms with van der Waals surface area (Å²) in [5, 5.41) is 11.0. The van der Waals surface area contributed by atoms with E-state index in [9.17, 15) is 0 Å². The van der Waals surface area contributed by atoms with Crippen LogP contribution in [0.4, 0.5) is 11.8 Å². The number of pyridine rings is 1. The molecule has 0 aliphatic carbocycles. The summed E-state index contributed by atoms with van der Waals surface area (Å²) in [6.07, 6.45) is 7.44. The molecule has 146 valence electrons. The fraction of sp³-hybridized carbons (Fsp3) is 0.500. The van der Waals surface area contributed by atoms with Crippen molar-refractivity contribution >= 4 is 22.8 Å². The van der Waals surface area contributed by atoms with Crippen LogP contribution in [0.15, 0.2) is 24.5 Å². The van der Waals surface area contributed by atoms with Gasteiger partial charge in [-0.05, 0) is 38.3 Å². The lowest BCUT2D eigenvalue weighted by atomic mass is 10.1. The third-order valence-corrected chi connectivity index (χ3v) is 5.64. The standard InChI is InChI=1S/C20H26N8/c1-14-13-28(10-7-21-14)17-6-5-15(11-22-17)18-19-16(25-26-18)12-23-20(24-19)27-8-3-2-4-9-27/h5-6,11-12,14,21H,2-4,7-10,13H2,1H3,(H,25,26)/t14-/m1/s1. The monoisotopic (exact) mass is 378 g/mol. The van der Waals surface area contributed by atoms with Gasteiger partial charge >= 0.3 is 0 Å². The van der Waals surface area contributed by atoms with Crippen LogP contribution in [0.2, 0.25) is 0 Å². The number of anilines is 2. The van der Waals surface area contributed by atoms with Crippen molar-refractivity contribution in [2.45, 2.75) is 32.2 Å². The Morgan fingerprint density at radius 2 is 1.89 bits per heavy atom. The van der Waals surface area contributed by atoms with Gasteiger partial charge in [-0.15, -0.1) is 0 Å². The third kappa shape index (κ3) is 3.28. The van der Waals surface area contributed by atoms with Crippen molar-refractivity contribution in [1.82, 2.24) is 30.5 Å². The van der Waals surface area contributed by atoms with Gasteiger partial charge in [0.05, 0.1) is 6.20 Å². The summed E-state index contributed by atoms with van der Waals surface area (Å²) in [7, 11) is 0. The molecule has 0 radical (unpaired) electrons. The van der Waals surface area contributed by atoms with E-state index in [1.165, 1.54) is 19.3 Å². The summed E-state index contributed by atoms with van der Waals surface area (Å²) >= 11 is 0. The van der Waals surface area contributed by atoms with Crippen LogP contribution >= 0.6 is 0 Å². The number of aromatic nitrogens is 5. The molecule has 5 heterocycles. The second-order valence-corrected chi connectivity index (χ2v) is 7.76. The van der Waals surface area contributed by atoms with Crippen LogP contribution in [0.5, 0.6) is 0 Å². The minimum absolute atomic E-state index is 0.482. The van der Waals surface area contributed by atoms with Crippen LogP contribution in [0.25, 0.3) is 22.3 Å². The molecular formula is C20H26N8. The van der Waals surface area contributed by atoms with E-state index in [0.29, 0.717) is 6.04 Å². The van der Waals surface area contributed by atoms with E-state index in [0.717, 1.165) is 66.8 Å². The molecule has 0 saturated carbocycles. The van der Waals surface area contributed by atoms with Gasteiger partial charge in [0.25, 0.3) is 0 Å². The molecule has 0 amide bonds. The van der Waals surface area contributed by atoms with Gasteiger partial charge in [0.2, 0.25) is 5.95 Å². The van der Waals surface area contributed by atoms with Crippen molar-refractivity contribution in [2.75, 3.05) is 42.5 Å². The molecule has 8 heteroatoms. The number of nitrogens with zero attached hydrogens (tertiary/aromatic N) is 6. The lowest BCUT2D eigenvalue weighted by Crippen LogP contribution is -2.49. The van der Waals surface area contributed by atoms with Gasteiger partial charge in [-0.2, -0.15) is 5.10 Å². The van der Waals surface area contributed by atoms with E-state index >= 15 is 0 Å². The second kappa shape index (κ2) is 7.35. The first-order valence-electron chi connectivity index (χ1n) is 10.2. The number of aromatic amines is 1. The number of hydrogen-bond acceptors (Lipinski definition) is 7. The summed E-state index contributed by atoms with van der Waals surface area (Å²) in [6.45, 7) is 7.20. The lowest BCUT2D eigenvalue weighted by molar-refractivity contribution is 0.482. The molecule has 2 fully saturated rings. The Bertz CT molecular complexity index is 944. The fourth-order valence-corrected chi connectivity index (χ4v) is 4.11. The predicted octanol–water partition coefficient (Wildman–Crippen LogP) is 2.20. The smallest absolute Gasteiger partial charge is 0.226 e. The van der Waals surface area contributed by atoms with Gasteiger partial charge in [0.15, 0.2) is 0 Å². The highest BCUT2D eigenvalue weighted by Gasteiger charge is 2.19. The zero-order chi connectivity index (χ0) is 18.9. The lowest BCUT2D eigenvalue weighted by Gasteiger charge is -2.32. The van der Waals surface area contributed by atoms with Crippen LogP contribution in [-0.2, 0) is 0 Å². The molecule has 0 bridgehead atoms. The first-order chi connectivity index (χ1) is 13.8. The number of nitrogens with one attached hydrogen (secondary N) is 2. The molecule has 2 N–H and O–H groups in total. The highest BCUT2D eigenvalue weighted by molar-refractivity contribution is 5.89. The average molecular weight is 378 g/mol. The summed E-state index contributed by atoms with van der Waals surface area (Å²) in [6, 6.07) is 4.66. The zero-order valence-corrected chi connectivity index (χ0v) is 16.2. The van der Waals surface area contributed by atoms with Crippen LogP contribution in [-0.4, -0.2) is 63.9 Å². The number of H-pyrrole nitrogens is 1. The van der Waals surface area contributed by atoms with Crippen LogP contribution in [0.3, 0.4) is 0 Å². The molecule has 8 nitrogen and oxygen atoms in total. The number of piperidine rings is 1. The van der Waals surface area contributed by atoms with Crippen molar-refractivity contribution in [3.8, 4) is 11.3 Å². The van der Waals surface area contributed by atoms with Crippen molar-refractivity contribution in [3.05, 3.63) is 24.5 Å². The molecule has 0 aromatic carbocycles. The number of piperazine rings is 1. The topological polar surface area (TPSA) is 85.9 Å². The van der Waals surface area contributed by atoms with Crippen molar-refractivity contribution in [1.29, 1.82) is 0 Å². The Hall–Kier alpha value is -2.74. The Balaban J connectivity index is 1.43. The van der Waals surface area contributed by atoms with E-state index in [-0.39, 0.29) is 0 Å². The minimum atomic E-state index is 0.482. The molecular weight excluding hydrogens is 352 g/mol. The van der Waals surface area contributed by atoms with Gasteiger partial charge in [-0.1, -0.05) is 0 Å². The molecule has 5 rings (SSSR count). The Morgan fingerprint density at radius 3 is 2.68 bits per heavy atom. The minimum Gasteiger partial charge on any atom is -0.354 e. The molecule has 3 aromatic heterocycles. The molecule has 0 spiro atoms. The first kappa shape index (κ1) is 17.4. The van der Waals surface area contributed by atoms with Gasteiger partial charge < -0.3 is 15.1 Å². The zero-order valence-electron chi connectivity index (χ0n) is 16.2. The average Bonchev–Trinajstić information content (AvgIpc) is 3.18. The largest absolute Gasteiger partial charge is 0.354 e. The molecule has 0 unspecified atom stereocenters. The fourth-order valence-electron chi connectivity index (χ4n) is 4.11.